The minimum absolute atomic E-state index is 0.121. The number of carbonyl (C=O) groups excluding carboxylic acids is 1. The summed E-state index contributed by atoms with van der Waals surface area (Å²) in [5, 5.41) is 3.30. The maximum atomic E-state index is 12.9. The summed E-state index contributed by atoms with van der Waals surface area (Å²) in [6, 6.07) is 15.1. The highest BCUT2D eigenvalue weighted by Gasteiger charge is 2.30. The van der Waals surface area contributed by atoms with Crippen molar-refractivity contribution in [2.45, 2.75) is 44.2 Å². The van der Waals surface area contributed by atoms with Crippen molar-refractivity contribution >= 4 is 5.91 Å². The van der Waals surface area contributed by atoms with Crippen molar-refractivity contribution in [1.29, 1.82) is 0 Å². The topological polar surface area (TPSA) is 50.8 Å². The number of rotatable bonds is 4. The fourth-order valence-electron chi connectivity index (χ4n) is 4.99. The Balaban J connectivity index is 1.26. The maximum absolute atomic E-state index is 12.9. The Morgan fingerprint density at radius 2 is 1.90 bits per heavy atom. The van der Waals surface area contributed by atoms with Gasteiger partial charge < -0.3 is 14.8 Å². The Kier molecular flexibility index (Phi) is 5.15. The molecule has 1 saturated heterocycles. The molecule has 0 radical (unpaired) electrons. The van der Waals surface area contributed by atoms with Gasteiger partial charge in [0.1, 0.15) is 13.2 Å². The minimum Gasteiger partial charge on any atom is -0.486 e. The lowest BCUT2D eigenvalue weighted by Crippen LogP contribution is -2.39. The van der Waals surface area contributed by atoms with Crippen molar-refractivity contribution in [3.8, 4) is 11.5 Å². The molecule has 5 rings (SSSR count). The van der Waals surface area contributed by atoms with Gasteiger partial charge in [-0.15, -0.1) is 0 Å². The Labute approximate surface area is 172 Å². The van der Waals surface area contributed by atoms with E-state index in [0.717, 1.165) is 50.1 Å². The van der Waals surface area contributed by atoms with Crippen LogP contribution in [0.3, 0.4) is 0 Å². The van der Waals surface area contributed by atoms with Crippen LogP contribution in [0, 0.1) is 0 Å². The Bertz CT molecular complexity index is 897. The van der Waals surface area contributed by atoms with E-state index in [2.05, 4.69) is 46.6 Å². The van der Waals surface area contributed by atoms with Crippen molar-refractivity contribution < 1.29 is 14.3 Å². The van der Waals surface area contributed by atoms with Gasteiger partial charge in [-0.05, 0) is 67.5 Å². The molecule has 0 bridgehead atoms. The average molecular weight is 392 g/mol. The molecule has 29 heavy (non-hydrogen) atoms. The number of benzene rings is 2. The highest BCUT2D eigenvalue weighted by atomic mass is 16.6. The third-order valence-corrected chi connectivity index (χ3v) is 6.37. The van der Waals surface area contributed by atoms with Crippen LogP contribution in [0.1, 0.15) is 54.5 Å². The molecule has 1 N–H and O–H groups in total. The smallest absolute Gasteiger partial charge is 0.234 e. The number of aryl methyl sites for hydroxylation is 1. The average Bonchev–Trinajstić information content (AvgIpc) is 3.21. The van der Waals surface area contributed by atoms with Crippen LogP contribution in [-0.4, -0.2) is 37.1 Å². The molecule has 0 saturated carbocycles. The van der Waals surface area contributed by atoms with Crippen molar-refractivity contribution in [3.05, 3.63) is 59.2 Å². The van der Waals surface area contributed by atoms with Crippen molar-refractivity contribution in [1.82, 2.24) is 10.2 Å². The summed E-state index contributed by atoms with van der Waals surface area (Å²) < 4.78 is 11.4. The largest absolute Gasteiger partial charge is 0.486 e. The molecule has 2 atom stereocenters. The minimum atomic E-state index is 0.121. The summed E-state index contributed by atoms with van der Waals surface area (Å²) in [4.78, 5) is 15.2. The second-order valence-corrected chi connectivity index (χ2v) is 8.24. The molecule has 0 aromatic heterocycles. The number of hydrogen-bond donors (Lipinski definition) is 1. The first-order valence-electron chi connectivity index (χ1n) is 10.8. The first kappa shape index (κ1) is 18.5. The molecule has 2 heterocycles. The predicted octanol–water partition coefficient (Wildman–Crippen LogP) is 3.79. The van der Waals surface area contributed by atoms with Gasteiger partial charge in [-0.25, -0.2) is 0 Å². The van der Waals surface area contributed by atoms with E-state index in [-0.39, 0.29) is 18.0 Å². The van der Waals surface area contributed by atoms with E-state index in [1.165, 1.54) is 16.7 Å². The number of nitrogens with zero attached hydrogens (tertiary/aromatic N) is 1. The lowest BCUT2D eigenvalue weighted by molar-refractivity contribution is -0.123. The van der Waals surface area contributed by atoms with Gasteiger partial charge in [-0.3, -0.25) is 9.69 Å². The van der Waals surface area contributed by atoms with Crippen molar-refractivity contribution in [2.75, 3.05) is 26.3 Å². The summed E-state index contributed by atoms with van der Waals surface area (Å²) in [6.07, 6.45) is 5.44. The van der Waals surface area contributed by atoms with E-state index in [1.807, 2.05) is 6.07 Å². The van der Waals surface area contributed by atoms with Gasteiger partial charge in [-0.1, -0.05) is 30.3 Å². The molecule has 1 fully saturated rings. The van der Waals surface area contributed by atoms with Gasteiger partial charge in [0.05, 0.1) is 12.6 Å². The quantitative estimate of drug-likeness (QED) is 0.860. The molecular formula is C24H28N2O3. The highest BCUT2D eigenvalue weighted by Crippen LogP contribution is 2.38. The first-order valence-corrected chi connectivity index (χ1v) is 10.8. The molecule has 2 aliphatic heterocycles. The molecule has 3 aliphatic rings. The molecule has 5 heteroatoms. The number of hydrogen-bond acceptors (Lipinski definition) is 4. The zero-order valence-electron chi connectivity index (χ0n) is 16.7. The summed E-state index contributed by atoms with van der Waals surface area (Å²) in [6.45, 7) is 2.59. The van der Waals surface area contributed by atoms with E-state index in [1.54, 1.807) is 0 Å². The summed E-state index contributed by atoms with van der Waals surface area (Å²) in [7, 11) is 0. The van der Waals surface area contributed by atoms with E-state index in [4.69, 9.17) is 9.47 Å². The SMILES string of the molecule is O=C(CN1CCC[C@H]1c1ccc2c(c1)OCCO2)N[C@@H]1CCCc2ccccc21. The molecule has 152 valence electrons. The second-order valence-electron chi connectivity index (χ2n) is 8.24. The molecular weight excluding hydrogens is 364 g/mol. The Morgan fingerprint density at radius 3 is 2.83 bits per heavy atom. The van der Waals surface area contributed by atoms with E-state index in [9.17, 15) is 4.79 Å². The van der Waals surface area contributed by atoms with Crippen LogP contribution in [0.25, 0.3) is 0 Å². The molecule has 1 amide bonds. The van der Waals surface area contributed by atoms with Crippen LogP contribution in [0.5, 0.6) is 11.5 Å². The third-order valence-electron chi connectivity index (χ3n) is 6.37. The van der Waals surface area contributed by atoms with Gasteiger partial charge in [0.15, 0.2) is 11.5 Å². The highest BCUT2D eigenvalue weighted by molar-refractivity contribution is 5.78. The summed E-state index contributed by atoms with van der Waals surface area (Å²) in [5.74, 6) is 1.76. The standard InChI is InChI=1S/C24H28N2O3/c27-24(25-20-8-3-6-17-5-1-2-7-19(17)20)16-26-12-4-9-21(26)18-10-11-22-23(15-18)29-14-13-28-22/h1-2,5,7,10-11,15,20-21H,3-4,6,8-9,12-14,16H2,(H,25,27)/t20-,21+/m1/s1. The van der Waals surface area contributed by atoms with Crippen molar-refractivity contribution in [3.63, 3.8) is 0 Å². The van der Waals surface area contributed by atoms with Crippen LogP contribution in [-0.2, 0) is 11.2 Å². The maximum Gasteiger partial charge on any atom is 0.234 e. The normalized spacial score (nSPS) is 23.4. The van der Waals surface area contributed by atoms with Crippen molar-refractivity contribution in [2.24, 2.45) is 0 Å². The fraction of sp³-hybridized carbons (Fsp3) is 0.458. The number of ether oxygens (including phenoxy) is 2. The Morgan fingerprint density at radius 1 is 1.03 bits per heavy atom. The summed E-state index contributed by atoms with van der Waals surface area (Å²) >= 11 is 0. The number of nitrogens with one attached hydrogen (secondary N) is 1. The van der Waals surface area contributed by atoms with Crippen LogP contribution >= 0.6 is 0 Å². The number of carbonyl (C=O) groups is 1. The van der Waals surface area contributed by atoms with Crippen LogP contribution in [0.4, 0.5) is 0 Å². The van der Waals surface area contributed by atoms with Gasteiger partial charge >= 0.3 is 0 Å². The predicted molar refractivity (Wildman–Crippen MR) is 111 cm³/mol. The van der Waals surface area contributed by atoms with Gasteiger partial charge in [0.2, 0.25) is 5.91 Å². The van der Waals surface area contributed by atoms with E-state index < -0.39 is 0 Å². The molecule has 2 aromatic carbocycles. The summed E-state index contributed by atoms with van der Waals surface area (Å²) in [5.41, 5.74) is 3.87. The third kappa shape index (κ3) is 3.84. The van der Waals surface area contributed by atoms with Crippen LogP contribution in [0.2, 0.25) is 0 Å². The van der Waals surface area contributed by atoms with E-state index >= 15 is 0 Å². The zero-order valence-corrected chi connectivity index (χ0v) is 16.7. The zero-order chi connectivity index (χ0) is 19.6. The lowest BCUT2D eigenvalue weighted by atomic mass is 9.88. The molecule has 0 unspecified atom stereocenters. The Hall–Kier alpha value is -2.53. The number of fused-ring (bicyclic) bond motifs is 2. The first-order chi connectivity index (χ1) is 14.3. The number of likely N-dealkylation sites (tertiary alicyclic amines) is 1. The lowest BCUT2D eigenvalue weighted by Gasteiger charge is -2.29. The molecule has 0 spiro atoms. The fourth-order valence-corrected chi connectivity index (χ4v) is 4.99. The second kappa shape index (κ2) is 8.07. The van der Waals surface area contributed by atoms with Crippen LogP contribution in [0.15, 0.2) is 42.5 Å². The molecule has 1 aliphatic carbocycles. The monoisotopic (exact) mass is 392 g/mol. The molecule has 2 aromatic rings. The van der Waals surface area contributed by atoms with Gasteiger partial charge in [-0.2, -0.15) is 0 Å². The molecule has 5 nitrogen and oxygen atoms in total. The number of amides is 1. The van der Waals surface area contributed by atoms with Crippen LogP contribution < -0.4 is 14.8 Å². The van der Waals surface area contributed by atoms with Gasteiger partial charge in [0.25, 0.3) is 0 Å². The van der Waals surface area contributed by atoms with E-state index in [0.29, 0.717) is 19.8 Å². The van der Waals surface area contributed by atoms with Gasteiger partial charge in [0, 0.05) is 6.04 Å².